The molecular formula is C21H19N3O6. The normalized spacial score (nSPS) is 15.2. The Bertz CT molecular complexity index is 1030. The van der Waals surface area contributed by atoms with Gasteiger partial charge in [-0.25, -0.2) is 9.69 Å². The molecule has 0 atom stereocenters. The van der Waals surface area contributed by atoms with Crippen molar-refractivity contribution in [1.82, 2.24) is 5.32 Å². The Labute approximate surface area is 172 Å². The van der Waals surface area contributed by atoms with Crippen molar-refractivity contribution in [2.45, 2.75) is 6.92 Å². The molecule has 5 amide bonds. The van der Waals surface area contributed by atoms with Crippen molar-refractivity contribution in [3.05, 3.63) is 59.7 Å². The third-order valence-electron chi connectivity index (χ3n) is 4.06. The van der Waals surface area contributed by atoms with E-state index < -0.39 is 23.8 Å². The largest absolute Gasteiger partial charge is 0.494 e. The Balaban J connectivity index is 1.87. The summed E-state index contributed by atoms with van der Waals surface area (Å²) in [6.07, 6.45) is 1.36. The zero-order valence-electron chi connectivity index (χ0n) is 16.1. The molecule has 1 aliphatic heterocycles. The van der Waals surface area contributed by atoms with Gasteiger partial charge in [0.25, 0.3) is 17.7 Å². The van der Waals surface area contributed by atoms with Crippen molar-refractivity contribution in [2.24, 2.45) is 5.73 Å². The van der Waals surface area contributed by atoms with Crippen molar-refractivity contribution in [3.63, 3.8) is 0 Å². The van der Waals surface area contributed by atoms with E-state index in [0.717, 1.165) is 4.90 Å². The number of nitrogens with zero attached hydrogens (tertiary/aromatic N) is 1. The van der Waals surface area contributed by atoms with E-state index in [-0.39, 0.29) is 17.9 Å². The van der Waals surface area contributed by atoms with Crippen LogP contribution in [0, 0.1) is 0 Å². The summed E-state index contributed by atoms with van der Waals surface area (Å²) in [6, 6.07) is 11.9. The van der Waals surface area contributed by atoms with Crippen molar-refractivity contribution in [3.8, 4) is 11.5 Å². The Morgan fingerprint density at radius 1 is 1.07 bits per heavy atom. The molecular weight excluding hydrogens is 390 g/mol. The fraction of sp³-hybridized carbons (Fsp3) is 0.143. The molecule has 1 fully saturated rings. The van der Waals surface area contributed by atoms with Crippen LogP contribution in [0.25, 0.3) is 6.08 Å². The number of amides is 5. The first-order valence-corrected chi connectivity index (χ1v) is 9.04. The molecule has 0 bridgehead atoms. The molecule has 3 rings (SSSR count). The number of carbonyl (C=O) groups excluding carboxylic acids is 4. The van der Waals surface area contributed by atoms with Crippen LogP contribution in [0.3, 0.4) is 0 Å². The number of imide groups is 2. The zero-order chi connectivity index (χ0) is 21.7. The van der Waals surface area contributed by atoms with Crippen molar-refractivity contribution < 1.29 is 28.7 Å². The number of benzene rings is 2. The monoisotopic (exact) mass is 409 g/mol. The summed E-state index contributed by atoms with van der Waals surface area (Å²) in [5, 5.41) is 2.17. The van der Waals surface area contributed by atoms with Gasteiger partial charge in [-0.2, -0.15) is 0 Å². The molecule has 1 saturated heterocycles. The molecule has 9 heteroatoms. The summed E-state index contributed by atoms with van der Waals surface area (Å²) in [7, 11) is 0. The second-order valence-corrected chi connectivity index (χ2v) is 6.21. The average molecular weight is 409 g/mol. The summed E-state index contributed by atoms with van der Waals surface area (Å²) in [5.74, 6) is -1.27. The number of hydrogen-bond donors (Lipinski definition) is 2. The average Bonchev–Trinajstić information content (AvgIpc) is 2.71. The highest BCUT2D eigenvalue weighted by Gasteiger charge is 2.36. The lowest BCUT2D eigenvalue weighted by Gasteiger charge is -2.26. The number of ether oxygens (including phenoxy) is 2. The molecule has 0 spiro atoms. The van der Waals surface area contributed by atoms with Gasteiger partial charge in [-0.3, -0.25) is 19.7 Å². The molecule has 0 saturated carbocycles. The molecule has 1 heterocycles. The number of carbonyl (C=O) groups is 4. The fourth-order valence-corrected chi connectivity index (χ4v) is 2.75. The van der Waals surface area contributed by atoms with Crippen LogP contribution < -0.4 is 25.4 Å². The smallest absolute Gasteiger partial charge is 0.335 e. The molecule has 0 aromatic heterocycles. The van der Waals surface area contributed by atoms with Crippen LogP contribution in [-0.2, 0) is 14.4 Å². The lowest BCUT2D eigenvalue weighted by molar-refractivity contribution is -0.123. The van der Waals surface area contributed by atoms with Gasteiger partial charge in [0.05, 0.1) is 12.3 Å². The van der Waals surface area contributed by atoms with E-state index in [2.05, 4.69) is 5.32 Å². The third-order valence-corrected chi connectivity index (χ3v) is 4.06. The summed E-state index contributed by atoms with van der Waals surface area (Å²) < 4.78 is 10.6. The maximum atomic E-state index is 12.9. The van der Waals surface area contributed by atoms with E-state index in [1.54, 1.807) is 48.5 Å². The van der Waals surface area contributed by atoms with Crippen LogP contribution in [-0.4, -0.2) is 37.0 Å². The maximum absolute atomic E-state index is 12.9. The molecule has 9 nitrogen and oxygen atoms in total. The van der Waals surface area contributed by atoms with Gasteiger partial charge in [0.2, 0.25) is 0 Å². The van der Waals surface area contributed by atoms with Crippen molar-refractivity contribution in [2.75, 3.05) is 18.1 Å². The van der Waals surface area contributed by atoms with E-state index >= 15 is 0 Å². The standard InChI is InChI=1S/C21H19N3O6/c1-2-29-16-5-3-4-14(11-16)24-20(27)17(19(26)23-21(24)28)10-13-6-8-15(9-7-13)30-12-18(22)25/h3-11H,2,12H2,1H3,(H2,22,25)(H,23,26,28)/b17-10+. The summed E-state index contributed by atoms with van der Waals surface area (Å²) in [5.41, 5.74) is 5.62. The van der Waals surface area contributed by atoms with E-state index in [0.29, 0.717) is 23.7 Å². The first-order chi connectivity index (χ1) is 14.4. The van der Waals surface area contributed by atoms with Crippen molar-refractivity contribution >= 4 is 35.5 Å². The molecule has 0 radical (unpaired) electrons. The van der Waals surface area contributed by atoms with Gasteiger partial charge in [-0.05, 0) is 42.8 Å². The number of nitrogens with one attached hydrogen (secondary N) is 1. The van der Waals surface area contributed by atoms with E-state index in [1.165, 1.54) is 6.08 Å². The van der Waals surface area contributed by atoms with Crippen LogP contribution in [0.15, 0.2) is 54.1 Å². The zero-order valence-corrected chi connectivity index (χ0v) is 16.1. The topological polar surface area (TPSA) is 128 Å². The molecule has 0 aliphatic carbocycles. The summed E-state index contributed by atoms with van der Waals surface area (Å²) in [4.78, 5) is 49.1. The number of hydrogen-bond acceptors (Lipinski definition) is 6. The molecule has 0 unspecified atom stereocenters. The summed E-state index contributed by atoms with van der Waals surface area (Å²) in [6.45, 7) is 1.97. The van der Waals surface area contributed by atoms with Crippen LogP contribution in [0.1, 0.15) is 12.5 Å². The molecule has 3 N–H and O–H groups in total. The fourth-order valence-electron chi connectivity index (χ4n) is 2.75. The van der Waals surface area contributed by atoms with Crippen LogP contribution in [0.2, 0.25) is 0 Å². The predicted octanol–water partition coefficient (Wildman–Crippen LogP) is 1.62. The van der Waals surface area contributed by atoms with Gasteiger partial charge in [-0.15, -0.1) is 0 Å². The quantitative estimate of drug-likeness (QED) is 0.528. The van der Waals surface area contributed by atoms with Gasteiger partial charge in [0.15, 0.2) is 6.61 Å². The number of primary amides is 1. The first kappa shape index (κ1) is 20.6. The molecule has 30 heavy (non-hydrogen) atoms. The maximum Gasteiger partial charge on any atom is 0.335 e. The van der Waals surface area contributed by atoms with Crippen molar-refractivity contribution in [1.29, 1.82) is 0 Å². The van der Waals surface area contributed by atoms with Gasteiger partial charge in [0, 0.05) is 6.07 Å². The highest BCUT2D eigenvalue weighted by Crippen LogP contribution is 2.26. The Kier molecular flexibility index (Phi) is 6.11. The Hall–Kier alpha value is -4.14. The molecule has 2 aromatic rings. The number of urea groups is 1. The SMILES string of the molecule is CCOc1cccc(N2C(=O)NC(=O)/C(=C\c3ccc(OCC(N)=O)cc3)C2=O)c1. The highest BCUT2D eigenvalue weighted by atomic mass is 16.5. The minimum absolute atomic E-state index is 0.206. The highest BCUT2D eigenvalue weighted by molar-refractivity contribution is 6.39. The third kappa shape index (κ3) is 4.64. The van der Waals surface area contributed by atoms with E-state index in [4.69, 9.17) is 15.2 Å². The van der Waals surface area contributed by atoms with Crippen LogP contribution in [0.5, 0.6) is 11.5 Å². The van der Waals surface area contributed by atoms with Crippen LogP contribution in [0.4, 0.5) is 10.5 Å². The van der Waals surface area contributed by atoms with Crippen LogP contribution >= 0.6 is 0 Å². The molecule has 2 aromatic carbocycles. The molecule has 154 valence electrons. The number of nitrogens with two attached hydrogens (primary N) is 1. The predicted molar refractivity (Wildman–Crippen MR) is 108 cm³/mol. The van der Waals surface area contributed by atoms with Gasteiger partial charge >= 0.3 is 6.03 Å². The molecule has 1 aliphatic rings. The minimum Gasteiger partial charge on any atom is -0.494 e. The lowest BCUT2D eigenvalue weighted by atomic mass is 10.1. The van der Waals surface area contributed by atoms with Gasteiger partial charge < -0.3 is 15.2 Å². The number of rotatable bonds is 7. The van der Waals surface area contributed by atoms with E-state index in [9.17, 15) is 19.2 Å². The Morgan fingerprint density at radius 3 is 2.47 bits per heavy atom. The van der Waals surface area contributed by atoms with E-state index in [1.807, 2.05) is 6.92 Å². The Morgan fingerprint density at radius 2 is 1.80 bits per heavy atom. The van der Waals surface area contributed by atoms with Gasteiger partial charge in [0.1, 0.15) is 17.1 Å². The number of anilines is 1. The van der Waals surface area contributed by atoms with Gasteiger partial charge in [-0.1, -0.05) is 18.2 Å². The second-order valence-electron chi connectivity index (χ2n) is 6.21. The minimum atomic E-state index is -0.842. The lowest BCUT2D eigenvalue weighted by Crippen LogP contribution is -2.54. The second kappa shape index (κ2) is 8.91. The first-order valence-electron chi connectivity index (χ1n) is 9.04. The summed E-state index contributed by atoms with van der Waals surface area (Å²) >= 11 is 0. The number of barbiturate groups is 1.